The van der Waals surface area contributed by atoms with Crippen molar-refractivity contribution in [1.82, 2.24) is 4.90 Å². The van der Waals surface area contributed by atoms with Crippen LogP contribution >= 0.6 is 15.9 Å². The summed E-state index contributed by atoms with van der Waals surface area (Å²) < 4.78 is 1.05. The molecule has 0 aliphatic carbocycles. The molecule has 0 aromatic heterocycles. The molecule has 0 aliphatic rings. The maximum atomic E-state index is 12.2. The zero-order valence-electron chi connectivity index (χ0n) is 11.8. The Morgan fingerprint density at radius 2 is 1.55 bits per heavy atom. The van der Waals surface area contributed by atoms with Gasteiger partial charge in [-0.25, -0.2) is 0 Å². The summed E-state index contributed by atoms with van der Waals surface area (Å²) in [5.41, 5.74) is 3.40. The number of carbonyl (C=O) groups is 1. The molecule has 0 radical (unpaired) electrons. The van der Waals surface area contributed by atoms with E-state index < -0.39 is 0 Å². The second-order valence-electron chi connectivity index (χ2n) is 5.04. The van der Waals surface area contributed by atoms with Gasteiger partial charge in [0.05, 0.1) is 6.42 Å². The van der Waals surface area contributed by atoms with E-state index in [1.165, 1.54) is 5.56 Å². The van der Waals surface area contributed by atoms with Crippen molar-refractivity contribution in [2.75, 3.05) is 7.05 Å². The Labute approximate surface area is 128 Å². The molecule has 2 aromatic rings. The Hall–Kier alpha value is -1.61. The number of amides is 1. The molecule has 104 valence electrons. The van der Waals surface area contributed by atoms with Crippen molar-refractivity contribution in [2.24, 2.45) is 0 Å². The highest BCUT2D eigenvalue weighted by molar-refractivity contribution is 9.10. The molecule has 0 heterocycles. The van der Waals surface area contributed by atoms with E-state index in [1.807, 2.05) is 62.5 Å². The fourth-order valence-corrected chi connectivity index (χ4v) is 2.23. The lowest BCUT2D eigenvalue weighted by Crippen LogP contribution is -2.27. The third-order valence-electron chi connectivity index (χ3n) is 3.23. The molecule has 0 N–H and O–H groups in total. The maximum absolute atomic E-state index is 12.2. The molecule has 3 heteroatoms. The SMILES string of the molecule is Cc1ccc(CC(=O)N(C)Cc2ccc(Br)cc2)cc1. The number of halogens is 1. The van der Waals surface area contributed by atoms with Gasteiger partial charge < -0.3 is 4.90 Å². The number of aryl methyl sites for hydroxylation is 1. The van der Waals surface area contributed by atoms with Crippen LogP contribution in [-0.4, -0.2) is 17.9 Å². The van der Waals surface area contributed by atoms with Gasteiger partial charge in [0.2, 0.25) is 5.91 Å². The van der Waals surface area contributed by atoms with Crippen LogP contribution in [0.3, 0.4) is 0 Å². The molecule has 0 atom stereocenters. The van der Waals surface area contributed by atoms with Crippen molar-refractivity contribution >= 4 is 21.8 Å². The summed E-state index contributed by atoms with van der Waals surface area (Å²) in [6, 6.07) is 16.1. The molecular formula is C17H18BrNO. The fourth-order valence-electron chi connectivity index (χ4n) is 1.97. The first kappa shape index (κ1) is 14.8. The molecular weight excluding hydrogens is 314 g/mol. The minimum Gasteiger partial charge on any atom is -0.341 e. The van der Waals surface area contributed by atoms with E-state index in [-0.39, 0.29) is 5.91 Å². The first-order valence-electron chi connectivity index (χ1n) is 6.58. The highest BCUT2D eigenvalue weighted by Crippen LogP contribution is 2.12. The molecule has 0 aliphatic heterocycles. The maximum Gasteiger partial charge on any atom is 0.227 e. The van der Waals surface area contributed by atoms with Crippen LogP contribution in [0.5, 0.6) is 0 Å². The van der Waals surface area contributed by atoms with Gasteiger partial charge in [-0.15, -0.1) is 0 Å². The summed E-state index contributed by atoms with van der Waals surface area (Å²) >= 11 is 3.41. The number of hydrogen-bond acceptors (Lipinski definition) is 1. The predicted molar refractivity (Wildman–Crippen MR) is 85.5 cm³/mol. The van der Waals surface area contributed by atoms with Crippen LogP contribution in [0, 0.1) is 6.92 Å². The lowest BCUT2D eigenvalue weighted by molar-refractivity contribution is -0.129. The highest BCUT2D eigenvalue weighted by Gasteiger charge is 2.10. The zero-order chi connectivity index (χ0) is 14.5. The summed E-state index contributed by atoms with van der Waals surface area (Å²) in [6.45, 7) is 2.68. The highest BCUT2D eigenvalue weighted by atomic mass is 79.9. The number of hydrogen-bond donors (Lipinski definition) is 0. The van der Waals surface area contributed by atoms with Crippen molar-refractivity contribution in [3.05, 3.63) is 69.7 Å². The van der Waals surface area contributed by atoms with E-state index in [0.717, 1.165) is 15.6 Å². The number of rotatable bonds is 4. The van der Waals surface area contributed by atoms with Gasteiger partial charge in [0.15, 0.2) is 0 Å². The van der Waals surface area contributed by atoms with E-state index >= 15 is 0 Å². The normalized spacial score (nSPS) is 10.3. The topological polar surface area (TPSA) is 20.3 Å². The van der Waals surface area contributed by atoms with Crippen LogP contribution < -0.4 is 0 Å². The fraction of sp³-hybridized carbons (Fsp3) is 0.235. The van der Waals surface area contributed by atoms with Gasteiger partial charge in [-0.05, 0) is 30.2 Å². The van der Waals surface area contributed by atoms with Crippen LogP contribution in [0.15, 0.2) is 53.0 Å². The lowest BCUT2D eigenvalue weighted by Gasteiger charge is -2.17. The van der Waals surface area contributed by atoms with Gasteiger partial charge in [-0.3, -0.25) is 4.79 Å². The van der Waals surface area contributed by atoms with E-state index in [1.54, 1.807) is 4.90 Å². The lowest BCUT2D eigenvalue weighted by atomic mass is 10.1. The standard InChI is InChI=1S/C17H18BrNO/c1-13-3-5-14(6-4-13)11-17(20)19(2)12-15-7-9-16(18)10-8-15/h3-10H,11-12H2,1-2H3. The third-order valence-corrected chi connectivity index (χ3v) is 3.76. The summed E-state index contributed by atoms with van der Waals surface area (Å²) in [5, 5.41) is 0. The largest absolute Gasteiger partial charge is 0.341 e. The third kappa shape index (κ3) is 4.20. The van der Waals surface area contributed by atoms with Crippen molar-refractivity contribution in [2.45, 2.75) is 19.9 Å². The van der Waals surface area contributed by atoms with Crippen molar-refractivity contribution in [3.63, 3.8) is 0 Å². The van der Waals surface area contributed by atoms with Crippen LogP contribution in [0.1, 0.15) is 16.7 Å². The first-order valence-corrected chi connectivity index (χ1v) is 7.38. The molecule has 0 spiro atoms. The second kappa shape index (κ2) is 6.71. The molecule has 1 amide bonds. The van der Waals surface area contributed by atoms with Crippen LogP contribution in [0.25, 0.3) is 0 Å². The van der Waals surface area contributed by atoms with Gasteiger partial charge in [0.1, 0.15) is 0 Å². The Kier molecular flexibility index (Phi) is 4.96. The quantitative estimate of drug-likeness (QED) is 0.830. The van der Waals surface area contributed by atoms with Gasteiger partial charge in [0, 0.05) is 18.1 Å². The molecule has 0 fully saturated rings. The van der Waals surface area contributed by atoms with Crippen molar-refractivity contribution in [1.29, 1.82) is 0 Å². The summed E-state index contributed by atoms with van der Waals surface area (Å²) in [7, 11) is 1.85. The number of benzene rings is 2. The first-order chi connectivity index (χ1) is 9.54. The Balaban J connectivity index is 1.94. The smallest absolute Gasteiger partial charge is 0.227 e. The predicted octanol–water partition coefficient (Wildman–Crippen LogP) is 3.96. The van der Waals surface area contributed by atoms with Crippen LogP contribution in [0.4, 0.5) is 0 Å². The van der Waals surface area contributed by atoms with Gasteiger partial charge in [-0.1, -0.05) is 57.9 Å². The van der Waals surface area contributed by atoms with Gasteiger partial charge >= 0.3 is 0 Å². The molecule has 2 aromatic carbocycles. The average Bonchev–Trinajstić information content (AvgIpc) is 2.44. The van der Waals surface area contributed by atoms with E-state index in [4.69, 9.17) is 0 Å². The number of likely N-dealkylation sites (N-methyl/N-ethyl adjacent to an activating group) is 1. The molecule has 0 saturated heterocycles. The van der Waals surface area contributed by atoms with E-state index in [0.29, 0.717) is 13.0 Å². The molecule has 0 bridgehead atoms. The van der Waals surface area contributed by atoms with Gasteiger partial charge in [0.25, 0.3) is 0 Å². The summed E-state index contributed by atoms with van der Waals surface area (Å²) in [6.07, 6.45) is 0.452. The monoisotopic (exact) mass is 331 g/mol. The van der Waals surface area contributed by atoms with Gasteiger partial charge in [-0.2, -0.15) is 0 Å². The summed E-state index contributed by atoms with van der Waals surface area (Å²) in [5.74, 6) is 0.136. The van der Waals surface area contributed by atoms with E-state index in [9.17, 15) is 4.79 Å². The number of nitrogens with zero attached hydrogens (tertiary/aromatic N) is 1. The van der Waals surface area contributed by atoms with E-state index in [2.05, 4.69) is 15.9 Å². The van der Waals surface area contributed by atoms with Crippen molar-refractivity contribution < 1.29 is 4.79 Å². The molecule has 0 saturated carbocycles. The average molecular weight is 332 g/mol. The molecule has 20 heavy (non-hydrogen) atoms. The minimum absolute atomic E-state index is 0.136. The molecule has 2 rings (SSSR count). The number of carbonyl (C=O) groups excluding carboxylic acids is 1. The Bertz CT molecular complexity index is 575. The van der Waals surface area contributed by atoms with Crippen LogP contribution in [-0.2, 0) is 17.8 Å². The Morgan fingerprint density at radius 1 is 1.00 bits per heavy atom. The molecule has 0 unspecified atom stereocenters. The summed E-state index contributed by atoms with van der Waals surface area (Å²) in [4.78, 5) is 14.0. The zero-order valence-corrected chi connectivity index (χ0v) is 13.4. The molecule has 2 nitrogen and oxygen atoms in total. The minimum atomic E-state index is 0.136. The van der Waals surface area contributed by atoms with Crippen molar-refractivity contribution in [3.8, 4) is 0 Å². The van der Waals surface area contributed by atoms with Crippen LogP contribution in [0.2, 0.25) is 0 Å². The second-order valence-corrected chi connectivity index (χ2v) is 5.95. The Morgan fingerprint density at radius 3 is 2.15 bits per heavy atom.